The first kappa shape index (κ1) is 15.1. The first-order chi connectivity index (χ1) is 10.0. The van der Waals surface area contributed by atoms with E-state index in [1.165, 1.54) is 18.2 Å². The van der Waals surface area contributed by atoms with Crippen molar-refractivity contribution >= 4 is 28.9 Å². The number of benzene rings is 2. The minimum Gasteiger partial charge on any atom is -0.449 e. The molecule has 0 saturated carbocycles. The number of nitriles is 1. The van der Waals surface area contributed by atoms with Gasteiger partial charge >= 0.3 is 5.69 Å². The van der Waals surface area contributed by atoms with Crippen LogP contribution in [0, 0.1) is 21.4 Å². The molecule has 0 bridgehead atoms. The van der Waals surface area contributed by atoms with Crippen LogP contribution in [0.3, 0.4) is 0 Å². The molecule has 5 nitrogen and oxygen atoms in total. The molecule has 2 aromatic rings. The second-order valence-corrected chi connectivity index (χ2v) is 4.75. The lowest BCUT2D eigenvalue weighted by Crippen LogP contribution is -1.95. The Morgan fingerprint density at radius 3 is 2.57 bits per heavy atom. The van der Waals surface area contributed by atoms with Gasteiger partial charge in [0, 0.05) is 17.0 Å². The van der Waals surface area contributed by atoms with Crippen molar-refractivity contribution in [3.8, 4) is 17.6 Å². The van der Waals surface area contributed by atoms with Crippen LogP contribution in [0.15, 0.2) is 36.4 Å². The lowest BCUT2D eigenvalue weighted by atomic mass is 10.1. The Hall–Kier alpha value is -2.29. The zero-order valence-corrected chi connectivity index (χ0v) is 12.1. The highest BCUT2D eigenvalue weighted by Crippen LogP contribution is 2.35. The van der Waals surface area contributed by atoms with E-state index in [1.54, 1.807) is 18.2 Å². The molecular weight excluding hydrogens is 315 g/mol. The number of nitrogens with zero attached hydrogens (tertiary/aromatic N) is 2. The fourth-order valence-corrected chi connectivity index (χ4v) is 2.01. The molecule has 2 rings (SSSR count). The van der Waals surface area contributed by atoms with Crippen molar-refractivity contribution in [3.05, 3.63) is 62.7 Å². The summed E-state index contributed by atoms with van der Waals surface area (Å²) in [5, 5.41) is 20.3. The SMILES string of the molecule is N#Cc1cc(CCl)ccc1Oc1ccc(Cl)cc1[N+](=O)[O-]. The maximum atomic E-state index is 11.0. The van der Waals surface area contributed by atoms with Crippen molar-refractivity contribution < 1.29 is 9.66 Å². The van der Waals surface area contributed by atoms with E-state index in [1.807, 2.05) is 6.07 Å². The van der Waals surface area contributed by atoms with E-state index < -0.39 is 4.92 Å². The van der Waals surface area contributed by atoms with Crippen molar-refractivity contribution in [2.45, 2.75) is 5.88 Å². The van der Waals surface area contributed by atoms with Gasteiger partial charge in [-0.2, -0.15) is 5.26 Å². The zero-order valence-electron chi connectivity index (χ0n) is 10.5. The molecule has 7 heteroatoms. The van der Waals surface area contributed by atoms with E-state index in [-0.39, 0.29) is 33.7 Å². The van der Waals surface area contributed by atoms with Gasteiger partial charge in [0.05, 0.1) is 10.5 Å². The lowest BCUT2D eigenvalue weighted by Gasteiger charge is -2.09. The van der Waals surface area contributed by atoms with Crippen molar-refractivity contribution in [2.75, 3.05) is 0 Å². The molecule has 0 fully saturated rings. The van der Waals surface area contributed by atoms with Crippen LogP contribution < -0.4 is 4.74 Å². The van der Waals surface area contributed by atoms with E-state index in [9.17, 15) is 10.1 Å². The maximum Gasteiger partial charge on any atom is 0.313 e. The lowest BCUT2D eigenvalue weighted by molar-refractivity contribution is -0.385. The third-order valence-electron chi connectivity index (χ3n) is 2.66. The largest absolute Gasteiger partial charge is 0.449 e. The highest BCUT2D eigenvalue weighted by molar-refractivity contribution is 6.30. The first-order valence-electron chi connectivity index (χ1n) is 5.76. The molecule has 0 N–H and O–H groups in total. The highest BCUT2D eigenvalue weighted by Gasteiger charge is 2.17. The standard InChI is InChI=1S/C14H8Cl2N2O3/c15-7-9-1-3-13(10(5-9)8-17)21-14-4-2-11(16)6-12(14)18(19)20/h1-6H,7H2. The Morgan fingerprint density at radius 1 is 1.24 bits per heavy atom. The number of hydrogen-bond acceptors (Lipinski definition) is 4. The van der Waals surface area contributed by atoms with Crippen LogP contribution in [-0.2, 0) is 5.88 Å². The van der Waals surface area contributed by atoms with Crippen LogP contribution in [0.1, 0.15) is 11.1 Å². The number of nitro groups is 1. The average Bonchev–Trinajstić information content (AvgIpc) is 2.49. The Balaban J connectivity index is 2.43. The van der Waals surface area contributed by atoms with Crippen LogP contribution >= 0.6 is 23.2 Å². The number of rotatable bonds is 4. The summed E-state index contributed by atoms with van der Waals surface area (Å²) in [7, 11) is 0. The Labute approximate surface area is 130 Å². The third kappa shape index (κ3) is 3.43. The zero-order chi connectivity index (χ0) is 15.4. The van der Waals surface area contributed by atoms with E-state index in [0.29, 0.717) is 0 Å². The molecule has 0 aliphatic heterocycles. The summed E-state index contributed by atoms with van der Waals surface area (Å²) in [4.78, 5) is 10.4. The van der Waals surface area contributed by atoms with Crippen molar-refractivity contribution in [3.63, 3.8) is 0 Å². The topological polar surface area (TPSA) is 76.2 Å². The predicted octanol–water partition coefficient (Wildman–Crippen LogP) is 4.65. The molecule has 0 amide bonds. The molecule has 0 unspecified atom stereocenters. The highest BCUT2D eigenvalue weighted by atomic mass is 35.5. The van der Waals surface area contributed by atoms with Crippen molar-refractivity contribution in [2.24, 2.45) is 0 Å². The Kier molecular flexibility index (Phi) is 4.63. The molecule has 0 aliphatic carbocycles. The monoisotopic (exact) mass is 322 g/mol. The molecule has 0 radical (unpaired) electrons. The van der Waals surface area contributed by atoms with Crippen LogP contribution in [0.4, 0.5) is 5.69 Å². The average molecular weight is 323 g/mol. The molecule has 0 spiro atoms. The second-order valence-electron chi connectivity index (χ2n) is 4.05. The van der Waals surface area contributed by atoms with Crippen molar-refractivity contribution in [1.29, 1.82) is 5.26 Å². The van der Waals surface area contributed by atoms with Gasteiger partial charge in [-0.25, -0.2) is 0 Å². The van der Waals surface area contributed by atoms with E-state index in [4.69, 9.17) is 33.2 Å². The molecule has 2 aromatic carbocycles. The van der Waals surface area contributed by atoms with Crippen LogP contribution in [0.5, 0.6) is 11.5 Å². The van der Waals surface area contributed by atoms with Crippen LogP contribution in [0.25, 0.3) is 0 Å². The summed E-state index contributed by atoms with van der Waals surface area (Å²) in [6.07, 6.45) is 0. The molecule has 0 atom stereocenters. The van der Waals surface area contributed by atoms with Gasteiger partial charge < -0.3 is 4.74 Å². The molecule has 0 heterocycles. The van der Waals surface area contributed by atoms with Gasteiger partial charge in [0.2, 0.25) is 5.75 Å². The quantitative estimate of drug-likeness (QED) is 0.466. The van der Waals surface area contributed by atoms with E-state index in [2.05, 4.69) is 0 Å². The van der Waals surface area contributed by atoms with Gasteiger partial charge in [0.15, 0.2) is 0 Å². The minimum absolute atomic E-state index is 0.0134. The van der Waals surface area contributed by atoms with Gasteiger partial charge in [0.25, 0.3) is 0 Å². The molecular formula is C14H8Cl2N2O3. The summed E-state index contributed by atoms with van der Waals surface area (Å²) < 4.78 is 5.48. The van der Waals surface area contributed by atoms with Gasteiger partial charge in [-0.1, -0.05) is 17.7 Å². The fraction of sp³-hybridized carbons (Fsp3) is 0.0714. The normalized spacial score (nSPS) is 9.95. The number of halogens is 2. The van der Waals surface area contributed by atoms with Gasteiger partial charge in [0.1, 0.15) is 11.8 Å². The van der Waals surface area contributed by atoms with E-state index in [0.717, 1.165) is 5.56 Å². The number of nitro benzene ring substituents is 1. The maximum absolute atomic E-state index is 11.0. The molecule has 0 aliphatic rings. The van der Waals surface area contributed by atoms with Gasteiger partial charge in [-0.05, 0) is 29.8 Å². The number of hydrogen-bond donors (Lipinski definition) is 0. The molecule has 0 aromatic heterocycles. The molecule has 106 valence electrons. The summed E-state index contributed by atoms with van der Waals surface area (Å²) in [6.45, 7) is 0. The van der Waals surface area contributed by atoms with Crippen LogP contribution in [0.2, 0.25) is 5.02 Å². The summed E-state index contributed by atoms with van der Waals surface area (Å²) in [6, 6.07) is 10.8. The molecule has 0 saturated heterocycles. The van der Waals surface area contributed by atoms with Crippen molar-refractivity contribution in [1.82, 2.24) is 0 Å². The summed E-state index contributed by atoms with van der Waals surface area (Å²) in [5.41, 5.74) is 0.733. The first-order valence-corrected chi connectivity index (χ1v) is 6.67. The number of alkyl halides is 1. The molecule has 21 heavy (non-hydrogen) atoms. The minimum atomic E-state index is -0.597. The summed E-state index contributed by atoms with van der Waals surface area (Å²) >= 11 is 11.4. The van der Waals surface area contributed by atoms with Gasteiger partial charge in [-0.15, -0.1) is 11.6 Å². The Bertz CT molecular complexity index is 741. The smallest absolute Gasteiger partial charge is 0.313 e. The summed E-state index contributed by atoms with van der Waals surface area (Å²) in [5.74, 6) is 0.493. The second kappa shape index (κ2) is 6.44. The number of ether oxygens (including phenoxy) is 1. The Morgan fingerprint density at radius 2 is 1.95 bits per heavy atom. The van der Waals surface area contributed by atoms with E-state index >= 15 is 0 Å². The van der Waals surface area contributed by atoms with Crippen LogP contribution in [-0.4, -0.2) is 4.92 Å². The van der Waals surface area contributed by atoms with Gasteiger partial charge in [-0.3, -0.25) is 10.1 Å². The third-order valence-corrected chi connectivity index (χ3v) is 3.20. The fourth-order valence-electron chi connectivity index (χ4n) is 1.67. The predicted molar refractivity (Wildman–Crippen MR) is 78.9 cm³/mol.